The van der Waals surface area contributed by atoms with Gasteiger partial charge in [0, 0.05) is 29.9 Å². The molecule has 296 valence electrons. The van der Waals surface area contributed by atoms with E-state index in [4.69, 9.17) is 20.5 Å². The molecule has 0 spiro atoms. The number of rotatable bonds is 10. The quantitative estimate of drug-likeness (QED) is 0.0767. The Morgan fingerprint density at radius 3 is 2.24 bits per heavy atom. The standard InChI is InChI=1S/C35H35ClF3N3O11S2/c1-3-33(53-32(45)35(37,38)39)19-23(20-52-55(50,51)26-12-8-22(2)9-13-26)18-27(31(43)44)30-34(36,28-6-4-5-7-29(28)40-30)16-17-41(21-33)54(48,49)25-14-10-24(11-15-25)42(46)47/h4-15,23,40H,3,16-21H2,1-2H3,(H,43,44)/b30-27-/t23-,33+,34?/m1/s1. The molecular formula is C35H35ClF3N3O11S2. The number of benzene rings is 3. The first-order valence-corrected chi connectivity index (χ1v) is 19.9. The number of aryl methyl sites for hydroxylation is 1. The van der Waals surface area contributed by atoms with Crippen LogP contribution in [0.2, 0.25) is 0 Å². The number of nitrogens with one attached hydrogen (secondary N) is 1. The van der Waals surface area contributed by atoms with Gasteiger partial charge in [-0.1, -0.05) is 42.8 Å². The van der Waals surface area contributed by atoms with Gasteiger partial charge in [-0.2, -0.15) is 25.9 Å². The van der Waals surface area contributed by atoms with E-state index in [0.717, 1.165) is 34.1 Å². The Labute approximate surface area is 319 Å². The summed E-state index contributed by atoms with van der Waals surface area (Å²) in [6.45, 7) is 0.635. The number of carbonyl (C=O) groups excluding carboxylic acids is 1. The number of fused-ring (bicyclic) bond motifs is 3. The van der Waals surface area contributed by atoms with Gasteiger partial charge in [-0.05, 0) is 68.9 Å². The van der Waals surface area contributed by atoms with Gasteiger partial charge in [0.25, 0.3) is 15.8 Å². The van der Waals surface area contributed by atoms with E-state index in [1.807, 2.05) is 0 Å². The van der Waals surface area contributed by atoms with Gasteiger partial charge in [-0.25, -0.2) is 18.0 Å². The fourth-order valence-corrected chi connectivity index (χ4v) is 9.54. The number of carbonyl (C=O) groups is 2. The lowest BCUT2D eigenvalue weighted by Crippen LogP contribution is -2.51. The summed E-state index contributed by atoms with van der Waals surface area (Å²) in [6.07, 6.45) is -7.74. The molecule has 14 nitrogen and oxygen atoms in total. The van der Waals surface area contributed by atoms with Crippen molar-refractivity contribution in [2.24, 2.45) is 5.92 Å². The molecule has 0 fully saturated rings. The lowest BCUT2D eigenvalue weighted by Gasteiger charge is -2.39. The second-order valence-corrected chi connectivity index (χ2v) is 17.4. The molecule has 2 heterocycles. The highest BCUT2D eigenvalue weighted by Gasteiger charge is 2.51. The van der Waals surface area contributed by atoms with E-state index < -0.39 is 115 Å². The molecule has 1 unspecified atom stereocenters. The van der Waals surface area contributed by atoms with Gasteiger partial charge in [-0.15, -0.1) is 11.6 Å². The number of hydrogen-bond donors (Lipinski definition) is 2. The van der Waals surface area contributed by atoms with Gasteiger partial charge in [0.1, 0.15) is 10.5 Å². The smallest absolute Gasteiger partial charge is 0.478 e. The third kappa shape index (κ3) is 8.80. The fraction of sp³-hybridized carbons (Fsp3) is 0.371. The average Bonchev–Trinajstić information content (AvgIpc) is 3.41. The lowest BCUT2D eigenvalue weighted by atomic mass is 9.83. The molecule has 0 aromatic heterocycles. The summed E-state index contributed by atoms with van der Waals surface area (Å²) in [6, 6.07) is 15.6. The van der Waals surface area contributed by atoms with Crippen molar-refractivity contribution < 1.29 is 58.5 Å². The number of allylic oxidation sites excluding steroid dienone is 1. The molecule has 2 N–H and O–H groups in total. The van der Waals surface area contributed by atoms with Crippen LogP contribution >= 0.6 is 11.6 Å². The SMILES string of the molecule is CC[C@]1(OC(=O)C(F)(F)F)C[C@H](COS(=O)(=O)c2ccc(C)cc2)C/C(C(=O)O)=C2/Nc3ccccc3C2(Cl)CCN(S(=O)(=O)c2ccc([N+](=O)[O-])cc2)C1. The van der Waals surface area contributed by atoms with Crippen LogP contribution in [0.5, 0.6) is 0 Å². The topological polar surface area (TPSA) is 200 Å². The molecule has 0 saturated carbocycles. The Balaban J connectivity index is 1.71. The Kier molecular flexibility index (Phi) is 11.7. The van der Waals surface area contributed by atoms with Crippen LogP contribution in [0.4, 0.5) is 24.5 Å². The summed E-state index contributed by atoms with van der Waals surface area (Å²) in [7, 11) is -9.34. The zero-order valence-corrected chi connectivity index (χ0v) is 31.6. The molecule has 0 aliphatic carbocycles. The second kappa shape index (κ2) is 15.5. The first-order valence-electron chi connectivity index (χ1n) is 16.6. The number of nitrogens with zero attached hydrogens (tertiary/aromatic N) is 2. The number of anilines is 1. The van der Waals surface area contributed by atoms with Crippen molar-refractivity contribution in [3.63, 3.8) is 0 Å². The van der Waals surface area contributed by atoms with Crippen LogP contribution in [0.1, 0.15) is 43.7 Å². The number of para-hydroxylation sites is 1. The highest BCUT2D eigenvalue weighted by atomic mass is 35.5. The highest BCUT2D eigenvalue weighted by molar-refractivity contribution is 7.89. The first kappa shape index (κ1) is 41.6. The van der Waals surface area contributed by atoms with Crippen LogP contribution in [0, 0.1) is 23.0 Å². The molecule has 5 rings (SSSR count). The number of nitro groups is 1. The van der Waals surface area contributed by atoms with Crippen LogP contribution in [-0.4, -0.2) is 74.6 Å². The Hall–Kier alpha value is -4.56. The number of nitro benzene ring substituents is 1. The number of carboxylic acids is 1. The predicted molar refractivity (Wildman–Crippen MR) is 191 cm³/mol. The van der Waals surface area contributed by atoms with E-state index in [-0.39, 0.29) is 17.0 Å². The summed E-state index contributed by atoms with van der Waals surface area (Å²) >= 11 is 7.31. The van der Waals surface area contributed by atoms with Crippen molar-refractivity contribution in [3.05, 3.63) is 105 Å². The molecular weight excluding hydrogens is 795 g/mol. The van der Waals surface area contributed by atoms with Crippen LogP contribution in [-0.2, 0) is 43.5 Å². The molecule has 3 aromatic rings. The van der Waals surface area contributed by atoms with Crippen LogP contribution < -0.4 is 5.32 Å². The van der Waals surface area contributed by atoms with E-state index in [0.29, 0.717) is 11.3 Å². The Morgan fingerprint density at radius 2 is 1.65 bits per heavy atom. The number of carboxylic acid groups (broad SMARTS) is 1. The summed E-state index contributed by atoms with van der Waals surface area (Å²) in [5, 5.41) is 24.9. The molecule has 55 heavy (non-hydrogen) atoms. The third-order valence-corrected chi connectivity index (χ3v) is 13.3. The van der Waals surface area contributed by atoms with E-state index in [1.165, 1.54) is 31.2 Å². The number of esters is 1. The minimum Gasteiger partial charge on any atom is -0.478 e. The molecule has 2 aliphatic rings. The summed E-state index contributed by atoms with van der Waals surface area (Å²) in [4.78, 5) is 33.6. The Morgan fingerprint density at radius 1 is 1.04 bits per heavy atom. The minimum absolute atomic E-state index is 0.0989. The normalized spacial score (nSPS) is 23.8. The first-order chi connectivity index (χ1) is 25.6. The second-order valence-electron chi connectivity index (χ2n) is 13.2. The number of non-ortho nitro benzene ring substituents is 1. The lowest BCUT2D eigenvalue weighted by molar-refractivity contribution is -0.384. The largest absolute Gasteiger partial charge is 0.490 e. The third-order valence-electron chi connectivity index (χ3n) is 9.53. The van der Waals surface area contributed by atoms with Gasteiger partial charge in [-0.3, -0.25) is 14.3 Å². The van der Waals surface area contributed by atoms with Gasteiger partial charge in [0.05, 0.1) is 39.1 Å². The maximum Gasteiger partial charge on any atom is 0.490 e. The fourth-order valence-electron chi connectivity index (χ4n) is 6.63. The van der Waals surface area contributed by atoms with Crippen molar-refractivity contribution in [2.75, 3.05) is 25.0 Å². The number of alkyl halides is 4. The van der Waals surface area contributed by atoms with Crippen LogP contribution in [0.15, 0.2) is 93.9 Å². The number of ether oxygens (including phenoxy) is 1. The maximum atomic E-state index is 14.4. The molecule has 0 radical (unpaired) electrons. The molecule has 3 aromatic carbocycles. The van der Waals surface area contributed by atoms with Crippen molar-refractivity contribution in [1.82, 2.24) is 4.31 Å². The van der Waals surface area contributed by atoms with E-state index in [2.05, 4.69) is 5.32 Å². The number of hydrogen-bond acceptors (Lipinski definition) is 11. The van der Waals surface area contributed by atoms with Crippen LogP contribution in [0.25, 0.3) is 0 Å². The molecule has 0 saturated heterocycles. The molecule has 2 aliphatic heterocycles. The number of aliphatic carboxylic acids is 1. The van der Waals surface area contributed by atoms with Crippen LogP contribution in [0.3, 0.4) is 0 Å². The van der Waals surface area contributed by atoms with Gasteiger partial charge in [0.2, 0.25) is 10.0 Å². The number of sulfonamides is 1. The average molecular weight is 830 g/mol. The van der Waals surface area contributed by atoms with Gasteiger partial charge < -0.3 is 15.2 Å². The van der Waals surface area contributed by atoms with Crippen molar-refractivity contribution in [1.29, 1.82) is 0 Å². The van der Waals surface area contributed by atoms with E-state index in [9.17, 15) is 54.8 Å². The van der Waals surface area contributed by atoms with Crippen molar-refractivity contribution in [2.45, 2.75) is 66.0 Å². The molecule has 20 heteroatoms. The minimum atomic E-state index is -5.56. The zero-order chi connectivity index (χ0) is 40.6. The maximum absolute atomic E-state index is 14.4. The highest BCUT2D eigenvalue weighted by Crippen LogP contribution is 2.52. The molecule has 0 amide bonds. The Bertz CT molecular complexity index is 2240. The zero-order valence-electron chi connectivity index (χ0n) is 29.2. The summed E-state index contributed by atoms with van der Waals surface area (Å²) in [5.74, 6) is -5.58. The van der Waals surface area contributed by atoms with Gasteiger partial charge in [0.15, 0.2) is 0 Å². The predicted octanol–water partition coefficient (Wildman–Crippen LogP) is 6.25. The van der Waals surface area contributed by atoms with Gasteiger partial charge >= 0.3 is 18.1 Å². The van der Waals surface area contributed by atoms with E-state index in [1.54, 1.807) is 31.2 Å². The summed E-state index contributed by atoms with van der Waals surface area (Å²) < 4.78 is 108. The number of halogens is 4. The van der Waals surface area contributed by atoms with Crippen molar-refractivity contribution in [3.8, 4) is 0 Å². The molecule has 3 atom stereocenters. The monoisotopic (exact) mass is 829 g/mol. The molecule has 0 bridgehead atoms. The summed E-state index contributed by atoms with van der Waals surface area (Å²) in [5.41, 5.74) is -1.89. The van der Waals surface area contributed by atoms with E-state index >= 15 is 0 Å². The van der Waals surface area contributed by atoms with Crippen molar-refractivity contribution >= 4 is 55.1 Å².